The van der Waals surface area contributed by atoms with Crippen molar-refractivity contribution in [2.45, 2.75) is 13.2 Å². The summed E-state index contributed by atoms with van der Waals surface area (Å²) >= 11 is 5.32. The van der Waals surface area contributed by atoms with E-state index < -0.39 is 0 Å². The minimum atomic E-state index is -0.200. The first-order valence-corrected chi connectivity index (χ1v) is 9.76. The Kier molecular flexibility index (Phi) is 5.81. The second kappa shape index (κ2) is 8.84. The molecule has 1 N–H and O–H groups in total. The van der Waals surface area contributed by atoms with Crippen molar-refractivity contribution < 1.29 is 18.7 Å². The van der Waals surface area contributed by atoms with Gasteiger partial charge in [0, 0.05) is 5.56 Å². The Hall–Kier alpha value is -3.58. The molecule has 3 aromatic rings. The first-order valence-electron chi connectivity index (χ1n) is 9.36. The Morgan fingerprint density at radius 3 is 2.70 bits per heavy atom. The van der Waals surface area contributed by atoms with Crippen LogP contribution >= 0.6 is 12.2 Å². The molecule has 6 nitrogen and oxygen atoms in total. The summed E-state index contributed by atoms with van der Waals surface area (Å²) in [4.78, 5) is 14.3. The summed E-state index contributed by atoms with van der Waals surface area (Å²) in [7, 11) is 1.62. The van der Waals surface area contributed by atoms with E-state index in [1.54, 1.807) is 31.6 Å². The number of rotatable bonds is 7. The normalized spacial score (nSPS) is 14.8. The van der Waals surface area contributed by atoms with Crippen LogP contribution < -0.4 is 14.8 Å². The molecule has 2 aromatic carbocycles. The van der Waals surface area contributed by atoms with E-state index >= 15 is 0 Å². The Bertz CT molecular complexity index is 1080. The number of nitrogens with zero attached hydrogens (tertiary/aromatic N) is 1. The molecule has 0 saturated carbocycles. The lowest BCUT2D eigenvalue weighted by Gasteiger charge is -2.12. The topological polar surface area (TPSA) is 63.9 Å². The third-order valence-corrected chi connectivity index (χ3v) is 4.93. The molecule has 2 heterocycles. The maximum Gasteiger partial charge on any atom is 0.276 e. The monoisotopic (exact) mass is 420 g/mol. The molecule has 1 aliphatic heterocycles. The molecule has 1 amide bonds. The molecule has 0 spiro atoms. The number of hydrogen-bond donors (Lipinski definition) is 1. The van der Waals surface area contributed by atoms with Crippen LogP contribution in [0.15, 0.2) is 77.0 Å². The average molecular weight is 420 g/mol. The lowest BCUT2D eigenvalue weighted by molar-refractivity contribution is -0.122. The number of furan rings is 1. The standard InChI is InChI=1S/C23H20N2O4S/c1-27-21-10-9-16(12-17(21)15-29-18-6-3-2-4-7-18)13-20-22(26)25(23(30)24-20)14-19-8-5-11-28-19/h2-13H,14-15H2,1H3,(H,24,30)/b20-13+. The Morgan fingerprint density at radius 2 is 1.97 bits per heavy atom. The quantitative estimate of drug-likeness (QED) is 0.458. The number of para-hydroxylation sites is 1. The summed E-state index contributed by atoms with van der Waals surface area (Å²) in [6.45, 7) is 0.627. The van der Waals surface area contributed by atoms with Crippen molar-refractivity contribution in [2.24, 2.45) is 0 Å². The maximum atomic E-state index is 12.8. The minimum Gasteiger partial charge on any atom is -0.496 e. The fourth-order valence-corrected chi connectivity index (χ4v) is 3.38. The number of nitrogens with one attached hydrogen (secondary N) is 1. The van der Waals surface area contributed by atoms with Crippen LogP contribution in [0.5, 0.6) is 11.5 Å². The van der Waals surface area contributed by atoms with Crippen LogP contribution in [-0.2, 0) is 17.9 Å². The van der Waals surface area contributed by atoms with Crippen LogP contribution in [0.2, 0.25) is 0 Å². The number of carbonyl (C=O) groups is 1. The van der Waals surface area contributed by atoms with Crippen LogP contribution in [0.3, 0.4) is 0 Å². The summed E-state index contributed by atoms with van der Waals surface area (Å²) in [5.74, 6) is 1.96. The van der Waals surface area contributed by atoms with Crippen molar-refractivity contribution in [3.8, 4) is 11.5 Å². The fraction of sp³-hybridized carbons (Fsp3) is 0.130. The zero-order chi connectivity index (χ0) is 20.9. The largest absolute Gasteiger partial charge is 0.496 e. The second-order valence-corrected chi connectivity index (χ2v) is 7.02. The van der Waals surface area contributed by atoms with Crippen LogP contribution in [-0.4, -0.2) is 23.0 Å². The van der Waals surface area contributed by atoms with Crippen LogP contribution in [0.1, 0.15) is 16.9 Å². The molecule has 7 heteroatoms. The van der Waals surface area contributed by atoms with Gasteiger partial charge in [0.05, 0.1) is 19.9 Å². The number of amides is 1. The van der Waals surface area contributed by atoms with E-state index in [0.29, 0.717) is 28.9 Å². The van der Waals surface area contributed by atoms with Crippen molar-refractivity contribution in [3.05, 3.63) is 89.5 Å². The lowest BCUT2D eigenvalue weighted by Crippen LogP contribution is -2.29. The third-order valence-electron chi connectivity index (χ3n) is 4.61. The SMILES string of the molecule is COc1ccc(/C=C2/NC(=S)N(Cc3ccco3)C2=O)cc1COc1ccccc1. The molecule has 0 aliphatic carbocycles. The van der Waals surface area contributed by atoms with Gasteiger partial charge < -0.3 is 19.2 Å². The van der Waals surface area contributed by atoms with Gasteiger partial charge in [0.25, 0.3) is 5.91 Å². The van der Waals surface area contributed by atoms with Gasteiger partial charge in [-0.2, -0.15) is 0 Å². The first kappa shape index (κ1) is 19.7. The molecule has 0 atom stereocenters. The number of hydrogen-bond acceptors (Lipinski definition) is 5. The summed E-state index contributed by atoms with van der Waals surface area (Å²) in [6, 6.07) is 18.8. The Labute approximate surface area is 179 Å². The highest BCUT2D eigenvalue weighted by atomic mass is 32.1. The number of ether oxygens (including phenoxy) is 2. The highest BCUT2D eigenvalue weighted by Gasteiger charge is 2.31. The van der Waals surface area contributed by atoms with Gasteiger partial charge >= 0.3 is 0 Å². The fourth-order valence-electron chi connectivity index (χ4n) is 3.12. The Balaban J connectivity index is 1.52. The van der Waals surface area contributed by atoms with Crippen molar-refractivity contribution in [1.29, 1.82) is 0 Å². The van der Waals surface area contributed by atoms with E-state index in [-0.39, 0.29) is 12.5 Å². The molecule has 152 valence electrons. The lowest BCUT2D eigenvalue weighted by atomic mass is 10.1. The number of methoxy groups -OCH3 is 1. The molecule has 1 aliphatic rings. The van der Waals surface area contributed by atoms with Gasteiger partial charge in [-0.1, -0.05) is 24.3 Å². The molecule has 1 fully saturated rings. The zero-order valence-electron chi connectivity index (χ0n) is 16.3. The summed E-state index contributed by atoms with van der Waals surface area (Å²) in [6.07, 6.45) is 3.34. The summed E-state index contributed by atoms with van der Waals surface area (Å²) < 4.78 is 16.6. The van der Waals surface area contributed by atoms with E-state index in [1.165, 1.54) is 4.90 Å². The Morgan fingerprint density at radius 1 is 1.13 bits per heavy atom. The minimum absolute atomic E-state index is 0.200. The van der Waals surface area contributed by atoms with Gasteiger partial charge in [-0.15, -0.1) is 0 Å². The van der Waals surface area contributed by atoms with Crippen LogP contribution in [0.25, 0.3) is 6.08 Å². The van der Waals surface area contributed by atoms with E-state index in [9.17, 15) is 4.79 Å². The molecule has 30 heavy (non-hydrogen) atoms. The van der Waals surface area contributed by atoms with E-state index in [1.807, 2.05) is 48.5 Å². The third kappa shape index (κ3) is 4.36. The summed E-state index contributed by atoms with van der Waals surface area (Å²) in [5, 5.41) is 3.34. The van der Waals surface area contributed by atoms with Crippen molar-refractivity contribution in [2.75, 3.05) is 7.11 Å². The number of thiocarbonyl (C=S) groups is 1. The van der Waals surface area contributed by atoms with Crippen molar-refractivity contribution >= 4 is 29.3 Å². The van der Waals surface area contributed by atoms with Crippen LogP contribution in [0.4, 0.5) is 0 Å². The molecule has 1 saturated heterocycles. The van der Waals surface area contributed by atoms with Gasteiger partial charge in [-0.3, -0.25) is 9.69 Å². The van der Waals surface area contributed by atoms with Crippen molar-refractivity contribution in [1.82, 2.24) is 10.2 Å². The van der Waals surface area contributed by atoms with E-state index in [0.717, 1.165) is 16.9 Å². The number of carbonyl (C=O) groups excluding carboxylic acids is 1. The van der Waals surface area contributed by atoms with Gasteiger partial charge in [0.2, 0.25) is 0 Å². The zero-order valence-corrected chi connectivity index (χ0v) is 17.1. The van der Waals surface area contributed by atoms with Crippen LogP contribution in [0, 0.1) is 0 Å². The van der Waals surface area contributed by atoms with Gasteiger partial charge in [0.1, 0.15) is 29.6 Å². The van der Waals surface area contributed by atoms with Gasteiger partial charge in [-0.25, -0.2) is 0 Å². The predicted octanol–water partition coefficient (Wildman–Crippen LogP) is 4.13. The summed E-state index contributed by atoms with van der Waals surface area (Å²) in [5.41, 5.74) is 2.11. The van der Waals surface area contributed by atoms with E-state index in [4.69, 9.17) is 26.1 Å². The molecular weight excluding hydrogens is 400 g/mol. The molecule has 0 bridgehead atoms. The molecular formula is C23H20N2O4S. The maximum absolute atomic E-state index is 12.8. The smallest absolute Gasteiger partial charge is 0.276 e. The highest BCUT2D eigenvalue weighted by molar-refractivity contribution is 7.80. The van der Waals surface area contributed by atoms with Gasteiger partial charge in [0.15, 0.2) is 5.11 Å². The molecule has 0 unspecified atom stereocenters. The molecule has 4 rings (SSSR count). The van der Waals surface area contributed by atoms with E-state index in [2.05, 4.69) is 5.32 Å². The molecule has 0 radical (unpaired) electrons. The number of benzene rings is 2. The average Bonchev–Trinajstić information content (AvgIpc) is 3.37. The first-order chi connectivity index (χ1) is 14.6. The van der Waals surface area contributed by atoms with Crippen molar-refractivity contribution in [3.63, 3.8) is 0 Å². The van der Waals surface area contributed by atoms with Gasteiger partial charge in [-0.05, 0) is 60.3 Å². The molecule has 1 aromatic heterocycles. The highest BCUT2D eigenvalue weighted by Crippen LogP contribution is 2.24. The predicted molar refractivity (Wildman–Crippen MR) is 117 cm³/mol. The second-order valence-electron chi connectivity index (χ2n) is 6.63.